The van der Waals surface area contributed by atoms with E-state index in [1.165, 1.54) is 0 Å². The van der Waals surface area contributed by atoms with Crippen molar-refractivity contribution < 1.29 is 9.57 Å². The highest BCUT2D eigenvalue weighted by molar-refractivity contribution is 5.59. The summed E-state index contributed by atoms with van der Waals surface area (Å²) in [5.41, 5.74) is 3.69. The molecule has 1 heterocycles. The Labute approximate surface area is 70.6 Å². The van der Waals surface area contributed by atoms with Gasteiger partial charge in [0.2, 0.25) is 5.88 Å². The van der Waals surface area contributed by atoms with Gasteiger partial charge in [-0.05, 0) is 6.07 Å². The molecule has 0 atom stereocenters. The molecule has 0 spiro atoms. The van der Waals surface area contributed by atoms with Gasteiger partial charge in [0.05, 0.1) is 7.11 Å². The fourth-order valence-corrected chi connectivity index (χ4v) is 1.07. The first-order chi connectivity index (χ1) is 5.90. The lowest BCUT2D eigenvalue weighted by molar-refractivity contribution is 0.133. The summed E-state index contributed by atoms with van der Waals surface area (Å²) in [6.07, 6.45) is 1.89. The van der Waals surface area contributed by atoms with Crippen molar-refractivity contribution >= 4 is 6.08 Å². The second kappa shape index (κ2) is 2.77. The van der Waals surface area contributed by atoms with Crippen molar-refractivity contribution in [3.63, 3.8) is 0 Å². The van der Waals surface area contributed by atoms with Gasteiger partial charge >= 0.3 is 0 Å². The van der Waals surface area contributed by atoms with E-state index >= 15 is 0 Å². The lowest BCUT2D eigenvalue weighted by atomic mass is 10.2. The van der Waals surface area contributed by atoms with Gasteiger partial charge in [-0.2, -0.15) is 5.48 Å². The van der Waals surface area contributed by atoms with Crippen molar-refractivity contribution in [2.75, 3.05) is 7.11 Å². The Morgan fingerprint density at radius 2 is 2.17 bits per heavy atom. The van der Waals surface area contributed by atoms with E-state index in [1.807, 2.05) is 30.3 Å². The van der Waals surface area contributed by atoms with Crippen LogP contribution in [0, 0.1) is 0 Å². The third-order valence-corrected chi connectivity index (χ3v) is 1.69. The van der Waals surface area contributed by atoms with E-state index in [1.54, 1.807) is 7.11 Å². The molecule has 62 valence electrons. The Bertz CT molecular complexity index is 320. The van der Waals surface area contributed by atoms with Gasteiger partial charge in [0.25, 0.3) is 0 Å². The van der Waals surface area contributed by atoms with E-state index in [0.717, 1.165) is 11.3 Å². The van der Waals surface area contributed by atoms with Crippen LogP contribution in [0.4, 0.5) is 0 Å². The summed E-state index contributed by atoms with van der Waals surface area (Å²) >= 11 is 0. The molecule has 1 N–H and O–H groups in total. The van der Waals surface area contributed by atoms with Gasteiger partial charge in [0, 0.05) is 11.6 Å². The second-order valence-corrected chi connectivity index (χ2v) is 2.45. The second-order valence-electron chi connectivity index (χ2n) is 2.45. The third kappa shape index (κ3) is 1.09. The topological polar surface area (TPSA) is 30.5 Å². The Kier molecular flexibility index (Phi) is 1.63. The Morgan fingerprint density at radius 1 is 1.33 bits per heavy atom. The molecule has 3 nitrogen and oxygen atoms in total. The molecule has 1 aliphatic heterocycles. The number of hydroxylamine groups is 1. The van der Waals surface area contributed by atoms with E-state index < -0.39 is 0 Å². The predicted molar refractivity (Wildman–Crippen MR) is 45.2 cm³/mol. The fraction of sp³-hybridized carbons (Fsp3) is 0.111. The van der Waals surface area contributed by atoms with E-state index in [9.17, 15) is 0 Å². The average molecular weight is 163 g/mol. The lowest BCUT2D eigenvalue weighted by Crippen LogP contribution is -2.22. The summed E-state index contributed by atoms with van der Waals surface area (Å²) in [7, 11) is 1.59. The largest absolute Gasteiger partial charge is 0.481 e. The molecular weight excluding hydrogens is 154 g/mol. The van der Waals surface area contributed by atoms with E-state index in [2.05, 4.69) is 5.48 Å². The van der Waals surface area contributed by atoms with Gasteiger partial charge in [-0.3, -0.25) is 0 Å². The number of fused-ring (bicyclic) bond motifs is 1. The molecule has 0 radical (unpaired) electrons. The van der Waals surface area contributed by atoms with Crippen molar-refractivity contribution in [1.29, 1.82) is 0 Å². The molecule has 0 saturated carbocycles. The minimum Gasteiger partial charge on any atom is -0.481 e. The van der Waals surface area contributed by atoms with Gasteiger partial charge < -0.3 is 9.57 Å². The molecule has 3 heteroatoms. The van der Waals surface area contributed by atoms with Crippen LogP contribution < -0.4 is 10.3 Å². The fourth-order valence-electron chi connectivity index (χ4n) is 1.07. The number of methoxy groups -OCH3 is 1. The van der Waals surface area contributed by atoms with Crippen molar-refractivity contribution in [1.82, 2.24) is 5.48 Å². The molecule has 1 aliphatic rings. The van der Waals surface area contributed by atoms with E-state index in [0.29, 0.717) is 5.88 Å². The monoisotopic (exact) mass is 163 g/mol. The van der Waals surface area contributed by atoms with Crippen molar-refractivity contribution in [3.8, 4) is 5.75 Å². The van der Waals surface area contributed by atoms with Crippen LogP contribution in [-0.4, -0.2) is 7.11 Å². The maximum Gasteiger partial charge on any atom is 0.220 e. The van der Waals surface area contributed by atoms with Gasteiger partial charge in [-0.1, -0.05) is 18.2 Å². The third-order valence-electron chi connectivity index (χ3n) is 1.69. The van der Waals surface area contributed by atoms with Crippen LogP contribution >= 0.6 is 0 Å². The standard InChI is InChI=1S/C9H9NO2/c1-11-9-6-7-4-2-3-5-8(7)12-10-9/h2-6,10H,1H3. The average Bonchev–Trinajstić information content (AvgIpc) is 2.17. The van der Waals surface area contributed by atoms with Gasteiger partial charge in [0.15, 0.2) is 5.75 Å². The number of hydrogen-bond acceptors (Lipinski definition) is 3. The lowest BCUT2D eigenvalue weighted by Gasteiger charge is -2.16. The molecule has 0 unspecified atom stereocenters. The molecule has 0 bridgehead atoms. The number of hydrogen-bond donors (Lipinski definition) is 1. The van der Waals surface area contributed by atoms with Crippen molar-refractivity contribution in [3.05, 3.63) is 35.7 Å². The molecule has 0 aromatic heterocycles. The molecule has 2 rings (SSSR count). The molecule has 12 heavy (non-hydrogen) atoms. The molecule has 0 aliphatic carbocycles. The van der Waals surface area contributed by atoms with Gasteiger partial charge in [-0.15, -0.1) is 0 Å². The first-order valence-corrected chi connectivity index (χ1v) is 3.68. The van der Waals surface area contributed by atoms with Crippen LogP contribution in [0.3, 0.4) is 0 Å². The van der Waals surface area contributed by atoms with Crippen LogP contribution in [-0.2, 0) is 4.74 Å². The molecule has 0 amide bonds. The smallest absolute Gasteiger partial charge is 0.220 e. The Balaban J connectivity index is 2.41. The molecule has 0 saturated heterocycles. The highest BCUT2D eigenvalue weighted by atomic mass is 16.7. The van der Waals surface area contributed by atoms with E-state index in [-0.39, 0.29) is 0 Å². The van der Waals surface area contributed by atoms with Gasteiger partial charge in [-0.25, -0.2) is 0 Å². The van der Waals surface area contributed by atoms with E-state index in [4.69, 9.17) is 9.57 Å². The van der Waals surface area contributed by atoms with Gasteiger partial charge in [0.1, 0.15) is 0 Å². The van der Waals surface area contributed by atoms with Crippen LogP contribution in [0.1, 0.15) is 5.56 Å². The molecule has 1 aromatic carbocycles. The summed E-state index contributed by atoms with van der Waals surface area (Å²) in [6.45, 7) is 0. The maximum absolute atomic E-state index is 5.18. The summed E-state index contributed by atoms with van der Waals surface area (Å²) < 4.78 is 4.97. The van der Waals surface area contributed by atoms with Crippen LogP contribution in [0.5, 0.6) is 5.75 Å². The number of nitrogens with one attached hydrogen (secondary N) is 1. The molecular formula is C9H9NO2. The number of ether oxygens (including phenoxy) is 1. The maximum atomic E-state index is 5.18. The zero-order chi connectivity index (χ0) is 8.39. The first kappa shape index (κ1) is 7.03. The Hall–Kier alpha value is -1.64. The zero-order valence-electron chi connectivity index (χ0n) is 6.70. The van der Waals surface area contributed by atoms with Crippen LogP contribution in [0.2, 0.25) is 0 Å². The zero-order valence-corrected chi connectivity index (χ0v) is 6.70. The predicted octanol–water partition coefficient (Wildman–Crippen LogP) is 1.53. The summed E-state index contributed by atoms with van der Waals surface area (Å²) in [6, 6.07) is 7.74. The highest BCUT2D eigenvalue weighted by Gasteiger charge is 2.09. The Morgan fingerprint density at radius 3 is 3.00 bits per heavy atom. The highest BCUT2D eigenvalue weighted by Crippen LogP contribution is 2.23. The normalized spacial score (nSPS) is 13.6. The van der Waals surface area contributed by atoms with Crippen LogP contribution in [0.15, 0.2) is 30.1 Å². The quantitative estimate of drug-likeness (QED) is 0.681. The van der Waals surface area contributed by atoms with Crippen LogP contribution in [0.25, 0.3) is 6.08 Å². The molecule has 0 fully saturated rings. The number of para-hydroxylation sites is 1. The molecule has 1 aromatic rings. The summed E-state index contributed by atoms with van der Waals surface area (Å²) in [5.74, 6) is 1.44. The summed E-state index contributed by atoms with van der Waals surface area (Å²) in [4.78, 5) is 5.18. The van der Waals surface area contributed by atoms with Crippen molar-refractivity contribution in [2.24, 2.45) is 0 Å². The van der Waals surface area contributed by atoms with Crippen molar-refractivity contribution in [2.45, 2.75) is 0 Å². The minimum atomic E-state index is 0.619. The number of rotatable bonds is 1. The minimum absolute atomic E-state index is 0.619. The SMILES string of the molecule is COC1=Cc2ccccc2ON1. The first-order valence-electron chi connectivity index (χ1n) is 3.68. The number of benzene rings is 1. The summed E-state index contributed by atoms with van der Waals surface area (Å²) in [5, 5.41) is 0.